The van der Waals surface area contributed by atoms with Crippen LogP contribution in [0.3, 0.4) is 0 Å². The SMILES string of the molecule is C[C@H](Oc1cc([C@@H]2CCN(C(=O)OC(C)(C)C)C2)nc(C(=N)C2=C(O)[C@]3(CCCCC3=O)CCC2)n1)[C@@H]1CCCN1C. The van der Waals surface area contributed by atoms with Crippen LogP contribution in [0.25, 0.3) is 0 Å². The van der Waals surface area contributed by atoms with Crippen LogP contribution in [0.4, 0.5) is 4.79 Å². The normalized spacial score (nSPS) is 27.9. The van der Waals surface area contributed by atoms with Crippen molar-refractivity contribution < 1.29 is 24.2 Å². The van der Waals surface area contributed by atoms with Crippen LogP contribution in [0, 0.1) is 10.8 Å². The first kappa shape index (κ1) is 30.4. The molecule has 2 saturated heterocycles. The predicted octanol–water partition coefficient (Wildman–Crippen LogP) is 5.56. The highest BCUT2D eigenvalue weighted by Gasteiger charge is 2.47. The number of aliphatic hydroxyl groups is 1. The fourth-order valence-electron chi connectivity index (χ4n) is 7.19. The van der Waals surface area contributed by atoms with E-state index in [4.69, 9.17) is 19.4 Å². The van der Waals surface area contributed by atoms with Gasteiger partial charge in [-0.1, -0.05) is 6.42 Å². The second-order valence-corrected chi connectivity index (χ2v) is 13.6. The lowest BCUT2D eigenvalue weighted by atomic mass is 9.64. The molecule has 10 heteroatoms. The minimum Gasteiger partial charge on any atom is -0.511 e. The highest BCUT2D eigenvalue weighted by molar-refractivity contribution is 6.09. The van der Waals surface area contributed by atoms with Crippen molar-refractivity contribution in [3.63, 3.8) is 0 Å². The molecule has 230 valence electrons. The summed E-state index contributed by atoms with van der Waals surface area (Å²) in [5.41, 5.74) is -0.244. The number of hydrogen-bond donors (Lipinski definition) is 2. The summed E-state index contributed by atoms with van der Waals surface area (Å²) in [5, 5.41) is 20.6. The molecular formula is C32H47N5O5. The summed E-state index contributed by atoms with van der Waals surface area (Å²) < 4.78 is 12.0. The number of hydrogen-bond acceptors (Lipinski definition) is 9. The van der Waals surface area contributed by atoms with E-state index in [1.165, 1.54) is 0 Å². The Morgan fingerprint density at radius 2 is 1.88 bits per heavy atom. The molecule has 42 heavy (non-hydrogen) atoms. The topological polar surface area (TPSA) is 129 Å². The van der Waals surface area contributed by atoms with Crippen molar-refractivity contribution in [1.82, 2.24) is 19.8 Å². The van der Waals surface area contributed by atoms with Crippen molar-refractivity contribution in [2.75, 3.05) is 26.7 Å². The van der Waals surface area contributed by atoms with Crippen molar-refractivity contribution >= 4 is 17.6 Å². The second kappa shape index (κ2) is 11.9. The van der Waals surface area contributed by atoms with Gasteiger partial charge in [0.2, 0.25) is 5.88 Å². The third-order valence-corrected chi connectivity index (χ3v) is 9.49. The molecule has 5 rings (SSSR count). The summed E-state index contributed by atoms with van der Waals surface area (Å²) in [6.45, 7) is 9.64. The summed E-state index contributed by atoms with van der Waals surface area (Å²) in [6, 6.07) is 2.11. The Morgan fingerprint density at radius 1 is 1.12 bits per heavy atom. The Hall–Kier alpha value is -3.01. The first-order chi connectivity index (χ1) is 19.9. The molecule has 0 bridgehead atoms. The molecule has 0 unspecified atom stereocenters. The molecule has 2 aliphatic carbocycles. The first-order valence-corrected chi connectivity index (χ1v) is 15.7. The number of rotatable bonds is 6. The number of aromatic nitrogens is 2. The van der Waals surface area contributed by atoms with Gasteiger partial charge in [0.1, 0.15) is 29.0 Å². The summed E-state index contributed by atoms with van der Waals surface area (Å²) in [7, 11) is 2.11. The quantitative estimate of drug-likeness (QED) is 0.418. The molecular weight excluding hydrogens is 534 g/mol. The zero-order chi connectivity index (χ0) is 30.2. The van der Waals surface area contributed by atoms with Crippen LogP contribution in [0.5, 0.6) is 5.88 Å². The highest BCUT2D eigenvalue weighted by Crippen LogP contribution is 2.48. The molecule has 1 spiro atoms. The average Bonchev–Trinajstić information content (AvgIpc) is 3.60. The van der Waals surface area contributed by atoms with Gasteiger partial charge in [0.25, 0.3) is 0 Å². The van der Waals surface area contributed by atoms with Gasteiger partial charge in [0.15, 0.2) is 5.82 Å². The van der Waals surface area contributed by atoms with Crippen molar-refractivity contribution in [2.45, 2.75) is 116 Å². The van der Waals surface area contributed by atoms with Crippen LogP contribution >= 0.6 is 0 Å². The number of likely N-dealkylation sites (tertiary alicyclic amines) is 2. The van der Waals surface area contributed by atoms with E-state index in [-0.39, 0.29) is 47.2 Å². The maximum absolute atomic E-state index is 13.1. The Balaban J connectivity index is 1.46. The van der Waals surface area contributed by atoms with E-state index in [1.54, 1.807) is 4.90 Å². The van der Waals surface area contributed by atoms with Crippen LogP contribution in [0.2, 0.25) is 0 Å². The second-order valence-electron chi connectivity index (χ2n) is 13.6. The Bertz CT molecular complexity index is 1260. The van der Waals surface area contributed by atoms with E-state index >= 15 is 0 Å². The Morgan fingerprint density at radius 3 is 2.57 bits per heavy atom. The van der Waals surface area contributed by atoms with Crippen LogP contribution in [0.1, 0.15) is 109 Å². The average molecular weight is 582 g/mol. The highest BCUT2D eigenvalue weighted by atomic mass is 16.6. The molecule has 4 aliphatic rings. The lowest BCUT2D eigenvalue weighted by molar-refractivity contribution is -0.131. The number of Topliss-reactive ketones (excluding diaryl/α,β-unsaturated/α-hetero) is 1. The summed E-state index contributed by atoms with van der Waals surface area (Å²) >= 11 is 0. The van der Waals surface area contributed by atoms with Crippen molar-refractivity contribution in [2.24, 2.45) is 5.41 Å². The van der Waals surface area contributed by atoms with E-state index in [0.29, 0.717) is 62.3 Å². The smallest absolute Gasteiger partial charge is 0.410 e. The van der Waals surface area contributed by atoms with Gasteiger partial charge in [-0.15, -0.1) is 0 Å². The first-order valence-electron chi connectivity index (χ1n) is 15.7. The van der Waals surface area contributed by atoms with Crippen molar-refractivity contribution in [3.8, 4) is 5.88 Å². The Labute approximate surface area is 249 Å². The summed E-state index contributed by atoms with van der Waals surface area (Å²) in [5.74, 6) is 0.629. The third-order valence-electron chi connectivity index (χ3n) is 9.49. The molecule has 0 aromatic carbocycles. The Kier molecular flexibility index (Phi) is 8.65. The van der Waals surface area contributed by atoms with Gasteiger partial charge < -0.3 is 19.5 Å². The number of ether oxygens (including phenoxy) is 2. The number of carbonyl (C=O) groups excluding carboxylic acids is 2. The molecule has 0 radical (unpaired) electrons. The van der Waals surface area contributed by atoms with Gasteiger partial charge in [-0.3, -0.25) is 15.1 Å². The molecule has 3 fully saturated rings. The number of nitrogens with zero attached hydrogens (tertiary/aromatic N) is 4. The molecule has 3 heterocycles. The lowest BCUT2D eigenvalue weighted by Gasteiger charge is -2.39. The number of nitrogens with one attached hydrogen (secondary N) is 1. The molecule has 2 N–H and O–H groups in total. The van der Waals surface area contributed by atoms with Gasteiger partial charge in [0.05, 0.1) is 11.1 Å². The number of amides is 1. The fraction of sp³-hybridized carbons (Fsp3) is 0.719. The van der Waals surface area contributed by atoms with Gasteiger partial charge in [-0.05, 0) is 92.7 Å². The molecule has 1 saturated carbocycles. The van der Waals surface area contributed by atoms with Crippen LogP contribution in [-0.2, 0) is 9.53 Å². The predicted molar refractivity (Wildman–Crippen MR) is 159 cm³/mol. The van der Waals surface area contributed by atoms with Gasteiger partial charge >= 0.3 is 6.09 Å². The lowest BCUT2D eigenvalue weighted by Crippen LogP contribution is -2.39. The van der Waals surface area contributed by atoms with E-state index in [0.717, 1.165) is 38.6 Å². The molecule has 1 amide bonds. The van der Waals surface area contributed by atoms with E-state index in [2.05, 4.69) is 11.9 Å². The fourth-order valence-corrected chi connectivity index (χ4v) is 7.19. The van der Waals surface area contributed by atoms with Gasteiger partial charge in [0, 0.05) is 43.1 Å². The van der Waals surface area contributed by atoms with Gasteiger partial charge in [-0.25, -0.2) is 9.78 Å². The maximum atomic E-state index is 13.1. The van der Waals surface area contributed by atoms with Crippen LogP contribution in [-0.4, -0.2) is 86.9 Å². The number of allylic oxidation sites excluding steroid dienone is 2. The van der Waals surface area contributed by atoms with E-state index in [1.807, 2.05) is 33.8 Å². The van der Waals surface area contributed by atoms with E-state index < -0.39 is 11.0 Å². The van der Waals surface area contributed by atoms with Crippen molar-refractivity contribution in [1.29, 1.82) is 5.41 Å². The molecule has 10 nitrogen and oxygen atoms in total. The minimum atomic E-state index is -0.879. The summed E-state index contributed by atoms with van der Waals surface area (Å²) in [4.78, 5) is 39.3. The van der Waals surface area contributed by atoms with Crippen molar-refractivity contribution in [3.05, 3.63) is 28.9 Å². The molecule has 1 aromatic heterocycles. The number of likely N-dealkylation sites (N-methyl/N-ethyl adjacent to an activating group) is 1. The third kappa shape index (κ3) is 6.19. The standard InChI is InChI=1S/C32H47N5O5/c1-20(24-11-9-16-36(24)5)41-26-18-23(21-13-17-37(19-21)30(40)42-31(2,3)4)34-29(35-26)27(33)22-10-8-15-32(28(22)39)14-7-6-12-25(32)38/h18,20-21,24,33,39H,6-17,19H2,1-5H3/t20-,21+,24-,32+/m0/s1. The zero-order valence-electron chi connectivity index (χ0n) is 25.9. The van der Waals surface area contributed by atoms with Gasteiger partial charge in [-0.2, -0.15) is 4.98 Å². The zero-order valence-corrected chi connectivity index (χ0v) is 25.9. The molecule has 2 aliphatic heterocycles. The maximum Gasteiger partial charge on any atom is 0.410 e. The van der Waals surface area contributed by atoms with E-state index in [9.17, 15) is 20.1 Å². The number of ketones is 1. The summed E-state index contributed by atoms with van der Waals surface area (Å²) in [6.07, 6.45) is 7.10. The number of aliphatic hydroxyl groups excluding tert-OH is 1. The molecule has 1 aromatic rings. The number of carbonyl (C=O) groups is 2. The minimum absolute atomic E-state index is 0.0397. The van der Waals surface area contributed by atoms with Crippen LogP contribution < -0.4 is 4.74 Å². The largest absolute Gasteiger partial charge is 0.511 e. The monoisotopic (exact) mass is 581 g/mol. The molecule has 4 atom stereocenters. The van der Waals surface area contributed by atoms with Crippen LogP contribution in [0.15, 0.2) is 17.4 Å².